The minimum absolute atomic E-state index is 0.278. The lowest BCUT2D eigenvalue weighted by Gasteiger charge is -2.36. The number of aromatic amines is 1. The van der Waals surface area contributed by atoms with Crippen LogP contribution in [0.5, 0.6) is 0 Å². The molecule has 21 heavy (non-hydrogen) atoms. The van der Waals surface area contributed by atoms with E-state index in [0.29, 0.717) is 0 Å². The van der Waals surface area contributed by atoms with E-state index in [1.54, 1.807) is 11.8 Å². The number of H-pyrrole nitrogens is 1. The molecule has 2 rings (SSSR count). The lowest BCUT2D eigenvalue weighted by Crippen LogP contribution is -2.41. The molecule has 2 nitrogen and oxygen atoms in total. The van der Waals surface area contributed by atoms with Crippen LogP contribution in [0, 0.1) is 0 Å². The zero-order valence-electron chi connectivity index (χ0n) is 14.0. The molecule has 1 N–H and O–H groups in total. The Bertz CT molecular complexity index is 613. The molecule has 0 amide bonds. The summed E-state index contributed by atoms with van der Waals surface area (Å²) in [5.41, 5.74) is 2.48. The smallest absolute Gasteiger partial charge is 0.191 e. The van der Waals surface area contributed by atoms with Crippen molar-refractivity contribution in [3.8, 4) is 0 Å². The van der Waals surface area contributed by atoms with E-state index in [0.717, 1.165) is 13.0 Å². The monoisotopic (exact) mass is 321 g/mol. The van der Waals surface area contributed by atoms with Gasteiger partial charge in [0.2, 0.25) is 0 Å². The maximum atomic E-state index is 6.25. The van der Waals surface area contributed by atoms with Gasteiger partial charge >= 0.3 is 0 Å². The Morgan fingerprint density at radius 3 is 2.52 bits per heavy atom. The highest BCUT2D eigenvalue weighted by atomic mass is 32.2. The average Bonchev–Trinajstić information content (AvgIpc) is 2.78. The molecule has 4 heteroatoms. The summed E-state index contributed by atoms with van der Waals surface area (Å²) in [5, 5.41) is 1.57. The van der Waals surface area contributed by atoms with Crippen LogP contribution in [0.3, 0.4) is 0 Å². The molecule has 1 aromatic carbocycles. The third kappa shape index (κ3) is 3.93. The number of benzene rings is 1. The van der Waals surface area contributed by atoms with Crippen LogP contribution >= 0.6 is 11.8 Å². The molecule has 0 fully saturated rings. The van der Waals surface area contributed by atoms with Crippen LogP contribution in [-0.2, 0) is 10.8 Å². The van der Waals surface area contributed by atoms with Crippen LogP contribution in [0.4, 0.5) is 0 Å². The predicted molar refractivity (Wildman–Crippen MR) is 96.9 cm³/mol. The molecule has 0 aliphatic rings. The van der Waals surface area contributed by atoms with E-state index < -0.39 is 8.32 Å². The van der Waals surface area contributed by atoms with E-state index in [9.17, 15) is 0 Å². The highest BCUT2D eigenvalue weighted by Crippen LogP contribution is 2.36. The molecule has 0 aliphatic heterocycles. The molecule has 116 valence electrons. The van der Waals surface area contributed by atoms with Crippen molar-refractivity contribution in [1.82, 2.24) is 4.98 Å². The number of hydrogen-bond donors (Lipinski definition) is 1. The molecule has 0 bridgehead atoms. The Labute approximate surface area is 133 Å². The topological polar surface area (TPSA) is 25.0 Å². The van der Waals surface area contributed by atoms with Crippen molar-refractivity contribution < 1.29 is 4.43 Å². The first-order valence-corrected chi connectivity index (χ1v) is 11.7. The largest absolute Gasteiger partial charge is 0.416 e. The second kappa shape index (κ2) is 6.19. The van der Waals surface area contributed by atoms with Crippen LogP contribution in [-0.4, -0.2) is 26.2 Å². The van der Waals surface area contributed by atoms with Crippen LogP contribution in [0.15, 0.2) is 29.2 Å². The second-order valence-corrected chi connectivity index (χ2v) is 12.8. The molecule has 1 aromatic heterocycles. The van der Waals surface area contributed by atoms with Gasteiger partial charge in [-0.05, 0) is 48.7 Å². The SMILES string of the molecule is CSc1ccc2[nH]c(CCO[Si](C)(C)C(C)(C)C)cc2c1. The van der Waals surface area contributed by atoms with Crippen molar-refractivity contribution in [2.24, 2.45) is 0 Å². The molecule has 0 radical (unpaired) electrons. The van der Waals surface area contributed by atoms with Crippen LogP contribution in [0.2, 0.25) is 18.1 Å². The molecule has 0 atom stereocenters. The molecular weight excluding hydrogens is 294 g/mol. The van der Waals surface area contributed by atoms with Crippen molar-refractivity contribution >= 4 is 31.0 Å². The molecule has 0 saturated heterocycles. The lowest BCUT2D eigenvalue weighted by molar-refractivity contribution is 0.291. The number of rotatable bonds is 5. The van der Waals surface area contributed by atoms with E-state index in [4.69, 9.17) is 4.43 Å². The fourth-order valence-electron chi connectivity index (χ4n) is 2.07. The van der Waals surface area contributed by atoms with Gasteiger partial charge in [0.05, 0.1) is 0 Å². The zero-order valence-corrected chi connectivity index (χ0v) is 15.9. The molecule has 2 aromatic rings. The Hall–Kier alpha value is -0.713. The van der Waals surface area contributed by atoms with Gasteiger partial charge in [-0.3, -0.25) is 0 Å². The van der Waals surface area contributed by atoms with Crippen molar-refractivity contribution in [3.63, 3.8) is 0 Å². The number of hydrogen-bond acceptors (Lipinski definition) is 2. The number of aromatic nitrogens is 1. The van der Waals surface area contributed by atoms with Crippen molar-refractivity contribution in [1.29, 1.82) is 0 Å². The fourth-order valence-corrected chi connectivity index (χ4v) is 3.56. The third-order valence-corrected chi connectivity index (χ3v) is 9.79. The highest BCUT2D eigenvalue weighted by molar-refractivity contribution is 7.98. The summed E-state index contributed by atoms with van der Waals surface area (Å²) in [7, 11) is -1.63. The van der Waals surface area contributed by atoms with E-state index in [1.165, 1.54) is 21.5 Å². The van der Waals surface area contributed by atoms with E-state index in [1.807, 2.05) is 0 Å². The maximum absolute atomic E-state index is 6.25. The number of thioether (sulfide) groups is 1. The van der Waals surface area contributed by atoms with E-state index in [-0.39, 0.29) is 5.04 Å². The zero-order chi connectivity index (χ0) is 15.7. The summed E-state index contributed by atoms with van der Waals surface area (Å²) in [4.78, 5) is 4.81. The molecule has 0 spiro atoms. The first-order chi connectivity index (χ1) is 9.73. The standard InChI is InChI=1S/C17H27NOSSi/c1-17(2,3)21(5,6)19-10-9-14-11-13-12-15(20-4)7-8-16(13)18-14/h7-8,11-12,18H,9-10H2,1-6H3. The minimum Gasteiger partial charge on any atom is -0.416 e. The molecule has 0 saturated carbocycles. The van der Waals surface area contributed by atoms with Gasteiger partial charge in [0.15, 0.2) is 8.32 Å². The van der Waals surface area contributed by atoms with Crippen LogP contribution in [0.25, 0.3) is 10.9 Å². The summed E-state index contributed by atoms with van der Waals surface area (Å²) >= 11 is 1.78. The number of fused-ring (bicyclic) bond motifs is 1. The van der Waals surface area contributed by atoms with Gasteiger partial charge in [-0.25, -0.2) is 0 Å². The number of nitrogens with one attached hydrogen (secondary N) is 1. The first-order valence-electron chi connectivity index (χ1n) is 7.52. The van der Waals surface area contributed by atoms with E-state index in [2.05, 4.69) is 69.4 Å². The van der Waals surface area contributed by atoms with Gasteiger partial charge in [-0.15, -0.1) is 11.8 Å². The Morgan fingerprint density at radius 1 is 1.19 bits per heavy atom. The third-order valence-electron chi connectivity index (χ3n) is 4.52. The predicted octanol–water partition coefficient (Wildman–Crippen LogP) is 5.45. The average molecular weight is 322 g/mol. The highest BCUT2D eigenvalue weighted by Gasteiger charge is 2.36. The summed E-state index contributed by atoms with van der Waals surface area (Å²) in [6.45, 7) is 12.3. The summed E-state index contributed by atoms with van der Waals surface area (Å²) in [6.07, 6.45) is 3.07. The van der Waals surface area contributed by atoms with Gasteiger partial charge in [-0.2, -0.15) is 0 Å². The van der Waals surface area contributed by atoms with Gasteiger partial charge in [0.1, 0.15) is 0 Å². The van der Waals surface area contributed by atoms with Gasteiger partial charge < -0.3 is 9.41 Å². The van der Waals surface area contributed by atoms with Crippen LogP contribution < -0.4 is 0 Å². The quantitative estimate of drug-likeness (QED) is 0.585. The van der Waals surface area contributed by atoms with Crippen molar-refractivity contribution in [3.05, 3.63) is 30.0 Å². The molecule has 1 heterocycles. The molecular formula is C17H27NOSSi. The molecule has 0 aliphatic carbocycles. The summed E-state index contributed by atoms with van der Waals surface area (Å²) < 4.78 is 6.25. The summed E-state index contributed by atoms with van der Waals surface area (Å²) in [6, 6.07) is 8.83. The van der Waals surface area contributed by atoms with Crippen LogP contribution in [0.1, 0.15) is 26.5 Å². The first kappa shape index (κ1) is 16.7. The second-order valence-electron chi connectivity index (χ2n) is 7.11. The Morgan fingerprint density at radius 2 is 1.90 bits per heavy atom. The molecule has 0 unspecified atom stereocenters. The van der Waals surface area contributed by atoms with Gasteiger partial charge in [0.25, 0.3) is 0 Å². The fraction of sp³-hybridized carbons (Fsp3) is 0.529. The van der Waals surface area contributed by atoms with E-state index >= 15 is 0 Å². The summed E-state index contributed by atoms with van der Waals surface area (Å²) in [5.74, 6) is 0. The van der Waals surface area contributed by atoms with Gasteiger partial charge in [0, 0.05) is 34.5 Å². The van der Waals surface area contributed by atoms with Crippen molar-refractivity contribution in [2.75, 3.05) is 12.9 Å². The van der Waals surface area contributed by atoms with Crippen molar-refractivity contribution in [2.45, 2.75) is 50.2 Å². The maximum Gasteiger partial charge on any atom is 0.191 e. The lowest BCUT2D eigenvalue weighted by atomic mass is 10.2. The Kier molecular flexibility index (Phi) is 4.91. The normalized spacial score (nSPS) is 13.0. The minimum atomic E-state index is -1.63. The Balaban J connectivity index is 2.01. The van der Waals surface area contributed by atoms with Gasteiger partial charge in [-0.1, -0.05) is 20.8 Å².